The number of anilines is 1. The SMILES string of the molecule is N#Cc1ccc(F)c([C@H](c2ccccc2)N2CCN(C(=O)c3cncc(N)c3)CC2)c1. The summed E-state index contributed by atoms with van der Waals surface area (Å²) in [5.74, 6) is -0.467. The lowest BCUT2D eigenvalue weighted by atomic mass is 9.94. The lowest BCUT2D eigenvalue weighted by Crippen LogP contribution is -2.50. The Morgan fingerprint density at radius 2 is 1.81 bits per heavy atom. The van der Waals surface area contributed by atoms with Crippen molar-refractivity contribution in [3.8, 4) is 6.07 Å². The van der Waals surface area contributed by atoms with Gasteiger partial charge in [-0.05, 0) is 29.8 Å². The minimum atomic E-state index is -0.350. The second kappa shape index (κ2) is 8.94. The van der Waals surface area contributed by atoms with Crippen molar-refractivity contribution in [2.45, 2.75) is 6.04 Å². The zero-order chi connectivity index (χ0) is 21.8. The topological polar surface area (TPSA) is 86.2 Å². The third kappa shape index (κ3) is 4.39. The maximum Gasteiger partial charge on any atom is 0.255 e. The highest BCUT2D eigenvalue weighted by Crippen LogP contribution is 2.32. The number of nitrogens with zero attached hydrogens (tertiary/aromatic N) is 4. The van der Waals surface area contributed by atoms with E-state index < -0.39 is 0 Å². The molecule has 1 aliphatic heterocycles. The van der Waals surface area contributed by atoms with Crippen molar-refractivity contribution in [3.05, 3.63) is 95.1 Å². The van der Waals surface area contributed by atoms with Crippen LogP contribution in [0.1, 0.15) is 33.1 Å². The second-order valence-electron chi connectivity index (χ2n) is 7.50. The number of piperazine rings is 1. The number of amides is 1. The average Bonchev–Trinajstić information content (AvgIpc) is 2.81. The lowest BCUT2D eigenvalue weighted by Gasteiger charge is -2.40. The van der Waals surface area contributed by atoms with E-state index in [2.05, 4.69) is 16.0 Å². The highest BCUT2D eigenvalue weighted by atomic mass is 19.1. The van der Waals surface area contributed by atoms with Crippen LogP contribution in [0.5, 0.6) is 0 Å². The predicted molar refractivity (Wildman–Crippen MR) is 116 cm³/mol. The molecule has 2 aromatic carbocycles. The number of hydrogen-bond donors (Lipinski definition) is 1. The number of pyridine rings is 1. The number of carbonyl (C=O) groups is 1. The molecule has 6 nitrogen and oxygen atoms in total. The summed E-state index contributed by atoms with van der Waals surface area (Å²) in [6.45, 7) is 2.13. The van der Waals surface area contributed by atoms with Crippen molar-refractivity contribution in [3.63, 3.8) is 0 Å². The van der Waals surface area contributed by atoms with Crippen molar-refractivity contribution < 1.29 is 9.18 Å². The molecule has 1 saturated heterocycles. The Bertz CT molecular complexity index is 1120. The van der Waals surface area contributed by atoms with Crippen molar-refractivity contribution in [1.82, 2.24) is 14.8 Å². The molecule has 2 N–H and O–H groups in total. The summed E-state index contributed by atoms with van der Waals surface area (Å²) >= 11 is 0. The van der Waals surface area contributed by atoms with Crippen LogP contribution in [0.3, 0.4) is 0 Å². The molecule has 3 aromatic rings. The van der Waals surface area contributed by atoms with Crippen LogP contribution in [0, 0.1) is 17.1 Å². The zero-order valence-electron chi connectivity index (χ0n) is 16.9. The van der Waals surface area contributed by atoms with Crippen LogP contribution in [-0.4, -0.2) is 46.9 Å². The van der Waals surface area contributed by atoms with Gasteiger partial charge in [-0.25, -0.2) is 4.39 Å². The van der Waals surface area contributed by atoms with Gasteiger partial charge in [-0.2, -0.15) is 5.26 Å². The Balaban J connectivity index is 1.59. The van der Waals surface area contributed by atoms with E-state index in [0.29, 0.717) is 48.6 Å². The van der Waals surface area contributed by atoms with Crippen LogP contribution in [0.25, 0.3) is 0 Å². The van der Waals surface area contributed by atoms with E-state index in [4.69, 9.17) is 5.73 Å². The fraction of sp³-hybridized carbons (Fsp3) is 0.208. The van der Waals surface area contributed by atoms with Gasteiger partial charge in [0.2, 0.25) is 0 Å². The van der Waals surface area contributed by atoms with Crippen LogP contribution in [0.2, 0.25) is 0 Å². The average molecular weight is 415 g/mol. The van der Waals surface area contributed by atoms with E-state index in [-0.39, 0.29) is 17.8 Å². The molecule has 1 atom stereocenters. The van der Waals surface area contributed by atoms with Crippen LogP contribution in [-0.2, 0) is 0 Å². The molecule has 2 heterocycles. The van der Waals surface area contributed by atoms with Crippen LogP contribution in [0.4, 0.5) is 10.1 Å². The molecular weight excluding hydrogens is 393 g/mol. The zero-order valence-corrected chi connectivity index (χ0v) is 16.9. The van der Waals surface area contributed by atoms with Crippen molar-refractivity contribution in [2.75, 3.05) is 31.9 Å². The molecule has 0 bridgehead atoms. The lowest BCUT2D eigenvalue weighted by molar-refractivity contribution is 0.0594. The van der Waals surface area contributed by atoms with Gasteiger partial charge >= 0.3 is 0 Å². The molecular formula is C24H22FN5O. The monoisotopic (exact) mass is 415 g/mol. The smallest absolute Gasteiger partial charge is 0.255 e. The van der Waals surface area contributed by atoms with Crippen LogP contribution in [0.15, 0.2) is 67.0 Å². The maximum absolute atomic E-state index is 14.8. The molecule has 0 radical (unpaired) electrons. The number of hydrogen-bond acceptors (Lipinski definition) is 5. The van der Waals surface area contributed by atoms with E-state index in [0.717, 1.165) is 5.56 Å². The summed E-state index contributed by atoms with van der Waals surface area (Å²) < 4.78 is 14.8. The van der Waals surface area contributed by atoms with E-state index in [9.17, 15) is 14.4 Å². The maximum atomic E-state index is 14.8. The van der Waals surface area contributed by atoms with Gasteiger partial charge in [-0.3, -0.25) is 14.7 Å². The minimum absolute atomic E-state index is 0.117. The molecule has 156 valence electrons. The molecule has 4 rings (SSSR count). The Hall–Kier alpha value is -3.76. The summed E-state index contributed by atoms with van der Waals surface area (Å²) in [6.07, 6.45) is 3.02. The third-order valence-electron chi connectivity index (χ3n) is 5.51. The highest BCUT2D eigenvalue weighted by Gasteiger charge is 2.30. The first kappa shape index (κ1) is 20.5. The largest absolute Gasteiger partial charge is 0.397 e. The molecule has 0 saturated carbocycles. The van der Waals surface area contributed by atoms with Crippen molar-refractivity contribution in [2.24, 2.45) is 0 Å². The Kier molecular flexibility index (Phi) is 5.92. The Morgan fingerprint density at radius 3 is 2.48 bits per heavy atom. The number of nitriles is 1. The molecule has 31 heavy (non-hydrogen) atoms. The first-order valence-electron chi connectivity index (χ1n) is 10.0. The van der Waals surface area contributed by atoms with Gasteiger partial charge in [0.05, 0.1) is 28.9 Å². The molecule has 0 aliphatic carbocycles. The number of nitrogen functional groups attached to an aromatic ring is 1. The first-order chi connectivity index (χ1) is 15.1. The standard InChI is InChI=1S/C24H22FN5O/c25-22-7-6-17(14-26)12-21(22)23(18-4-2-1-3-5-18)29-8-10-30(11-9-29)24(31)19-13-20(27)16-28-15-19/h1-7,12-13,15-16,23H,8-11,27H2/t23-/m0/s1. The van der Waals surface area contributed by atoms with Crippen LogP contribution >= 0.6 is 0 Å². The fourth-order valence-corrected chi connectivity index (χ4v) is 3.99. The summed E-state index contributed by atoms with van der Waals surface area (Å²) in [4.78, 5) is 20.7. The summed E-state index contributed by atoms with van der Waals surface area (Å²) in [6, 6.07) is 17.5. The molecule has 1 aromatic heterocycles. The van der Waals surface area contributed by atoms with Crippen LogP contribution < -0.4 is 5.73 Å². The van der Waals surface area contributed by atoms with Gasteiger partial charge in [0.25, 0.3) is 5.91 Å². The third-order valence-corrected chi connectivity index (χ3v) is 5.51. The molecule has 0 unspecified atom stereocenters. The number of aromatic nitrogens is 1. The first-order valence-corrected chi connectivity index (χ1v) is 10.0. The van der Waals surface area contributed by atoms with E-state index in [1.54, 1.807) is 17.0 Å². The van der Waals surface area contributed by atoms with Gasteiger partial charge in [0, 0.05) is 44.1 Å². The molecule has 1 aliphatic rings. The number of halogens is 1. The molecule has 7 heteroatoms. The van der Waals surface area contributed by atoms with E-state index >= 15 is 0 Å². The summed E-state index contributed by atoms with van der Waals surface area (Å²) in [5.41, 5.74) is 8.48. The van der Waals surface area contributed by atoms with Gasteiger partial charge in [0.1, 0.15) is 5.82 Å². The molecule has 1 fully saturated rings. The quantitative estimate of drug-likeness (QED) is 0.707. The fourth-order valence-electron chi connectivity index (χ4n) is 3.99. The summed E-state index contributed by atoms with van der Waals surface area (Å²) in [5, 5.41) is 9.29. The van der Waals surface area contributed by atoms with E-state index in [1.165, 1.54) is 24.5 Å². The van der Waals surface area contributed by atoms with Crippen molar-refractivity contribution >= 4 is 11.6 Å². The van der Waals surface area contributed by atoms with E-state index in [1.807, 2.05) is 30.3 Å². The van der Waals surface area contributed by atoms with Gasteiger partial charge < -0.3 is 10.6 Å². The number of rotatable bonds is 4. The van der Waals surface area contributed by atoms with Gasteiger partial charge in [-0.15, -0.1) is 0 Å². The van der Waals surface area contributed by atoms with Gasteiger partial charge in [-0.1, -0.05) is 30.3 Å². The summed E-state index contributed by atoms with van der Waals surface area (Å²) in [7, 11) is 0. The number of benzene rings is 2. The van der Waals surface area contributed by atoms with Gasteiger partial charge in [0.15, 0.2) is 0 Å². The molecule has 0 spiro atoms. The van der Waals surface area contributed by atoms with Crippen molar-refractivity contribution in [1.29, 1.82) is 5.26 Å². The Labute approximate surface area is 180 Å². The predicted octanol–water partition coefficient (Wildman–Crippen LogP) is 3.22. The number of nitrogens with two attached hydrogens (primary N) is 1. The Morgan fingerprint density at radius 1 is 1.06 bits per heavy atom. The highest BCUT2D eigenvalue weighted by molar-refractivity contribution is 5.94. The minimum Gasteiger partial charge on any atom is -0.397 e. The normalized spacial score (nSPS) is 15.3. The molecule has 1 amide bonds. The number of carbonyl (C=O) groups excluding carboxylic acids is 1. The second-order valence-corrected chi connectivity index (χ2v) is 7.50.